The molecule has 1 saturated heterocycles. The van der Waals surface area contributed by atoms with Crippen molar-refractivity contribution in [2.24, 2.45) is 0 Å². The topological polar surface area (TPSA) is 77.3 Å². The Morgan fingerprint density at radius 2 is 1.96 bits per heavy atom. The van der Waals surface area contributed by atoms with Gasteiger partial charge in [0.2, 0.25) is 0 Å². The first-order chi connectivity index (χ1) is 12.2. The molecule has 0 bridgehead atoms. The predicted octanol–water partition coefficient (Wildman–Crippen LogP) is 2.32. The van der Waals surface area contributed by atoms with Crippen LogP contribution in [0, 0.1) is 0 Å². The zero-order valence-electron chi connectivity index (χ0n) is 14.4. The van der Waals surface area contributed by atoms with Gasteiger partial charge in [-0.2, -0.15) is 0 Å². The van der Waals surface area contributed by atoms with Crippen molar-refractivity contribution in [2.45, 2.75) is 50.6 Å². The number of hydrogen-bond acceptors (Lipinski definition) is 5. The molecule has 2 aliphatic rings. The number of imidazole rings is 1. The summed E-state index contributed by atoms with van der Waals surface area (Å²) in [6.45, 7) is 0.563. The second-order valence-electron chi connectivity index (χ2n) is 6.84. The van der Waals surface area contributed by atoms with Crippen molar-refractivity contribution in [1.29, 1.82) is 0 Å². The van der Waals surface area contributed by atoms with Crippen LogP contribution in [-0.2, 0) is 9.53 Å². The Bertz CT molecular complexity index is 810. The standard InChI is InChI=1S/C18H22N4O3/c1-25-18(24)15-7-4-8-21(15)17(23)12-9-14-16(19-10-12)22(11-20-14)13-5-2-3-6-13/h9-11,13,15H,2-8H2,1H3/t15-/m1/s1. The first-order valence-corrected chi connectivity index (χ1v) is 8.90. The van der Waals surface area contributed by atoms with Crippen LogP contribution in [0.15, 0.2) is 18.6 Å². The normalized spacial score (nSPS) is 21.2. The van der Waals surface area contributed by atoms with Gasteiger partial charge in [0, 0.05) is 18.8 Å². The molecule has 132 valence electrons. The number of carbonyl (C=O) groups excluding carboxylic acids is 2. The average Bonchev–Trinajstić information content (AvgIpc) is 3.38. The highest BCUT2D eigenvalue weighted by Crippen LogP contribution is 2.31. The first kappa shape index (κ1) is 16.1. The predicted molar refractivity (Wildman–Crippen MR) is 91.1 cm³/mol. The third-order valence-corrected chi connectivity index (χ3v) is 5.36. The number of methoxy groups -OCH3 is 1. The lowest BCUT2D eigenvalue weighted by Crippen LogP contribution is -2.41. The summed E-state index contributed by atoms with van der Waals surface area (Å²) in [5, 5.41) is 0. The molecule has 7 heteroatoms. The molecule has 25 heavy (non-hydrogen) atoms. The Kier molecular flexibility index (Phi) is 4.15. The van der Waals surface area contributed by atoms with E-state index in [-0.39, 0.29) is 11.9 Å². The van der Waals surface area contributed by atoms with Crippen LogP contribution >= 0.6 is 0 Å². The largest absolute Gasteiger partial charge is 0.467 e. The van der Waals surface area contributed by atoms with Gasteiger partial charge in [-0.05, 0) is 31.7 Å². The maximum atomic E-state index is 12.8. The molecule has 0 unspecified atom stereocenters. The lowest BCUT2D eigenvalue weighted by atomic mass is 10.2. The number of pyridine rings is 1. The van der Waals surface area contributed by atoms with Gasteiger partial charge in [0.1, 0.15) is 11.6 Å². The molecule has 1 aliphatic heterocycles. The van der Waals surface area contributed by atoms with Gasteiger partial charge in [-0.3, -0.25) is 4.79 Å². The summed E-state index contributed by atoms with van der Waals surface area (Å²) in [6, 6.07) is 1.74. The minimum atomic E-state index is -0.496. The van der Waals surface area contributed by atoms with Crippen LogP contribution in [0.2, 0.25) is 0 Å². The molecule has 7 nitrogen and oxygen atoms in total. The SMILES string of the molecule is COC(=O)[C@H]1CCCN1C(=O)c1cnc2c(c1)ncn2C1CCCC1. The molecule has 1 aliphatic carbocycles. The summed E-state index contributed by atoms with van der Waals surface area (Å²) >= 11 is 0. The first-order valence-electron chi connectivity index (χ1n) is 8.90. The number of ether oxygens (including phenoxy) is 1. The molecule has 0 N–H and O–H groups in total. The van der Waals surface area contributed by atoms with Crippen molar-refractivity contribution in [2.75, 3.05) is 13.7 Å². The number of esters is 1. The fraction of sp³-hybridized carbons (Fsp3) is 0.556. The van der Waals surface area contributed by atoms with E-state index in [1.807, 2.05) is 6.33 Å². The average molecular weight is 342 g/mol. The Balaban J connectivity index is 1.61. The van der Waals surface area contributed by atoms with Gasteiger partial charge in [-0.25, -0.2) is 14.8 Å². The minimum absolute atomic E-state index is 0.183. The molecule has 2 fully saturated rings. The maximum absolute atomic E-state index is 12.8. The molecule has 4 rings (SSSR count). The van der Waals surface area contributed by atoms with Crippen molar-refractivity contribution in [1.82, 2.24) is 19.4 Å². The summed E-state index contributed by atoms with van der Waals surface area (Å²) in [6.07, 6.45) is 9.67. The van der Waals surface area contributed by atoms with Gasteiger partial charge in [0.15, 0.2) is 5.65 Å². The van der Waals surface area contributed by atoms with Crippen LogP contribution in [0.1, 0.15) is 54.9 Å². The van der Waals surface area contributed by atoms with Crippen LogP contribution in [0.3, 0.4) is 0 Å². The van der Waals surface area contributed by atoms with E-state index in [2.05, 4.69) is 14.5 Å². The molecule has 1 saturated carbocycles. The van der Waals surface area contributed by atoms with E-state index in [1.165, 1.54) is 20.0 Å². The van der Waals surface area contributed by atoms with E-state index in [0.717, 1.165) is 30.4 Å². The summed E-state index contributed by atoms with van der Waals surface area (Å²) in [4.78, 5) is 35.2. The Morgan fingerprint density at radius 3 is 2.72 bits per heavy atom. The minimum Gasteiger partial charge on any atom is -0.467 e. The number of rotatable bonds is 3. The fourth-order valence-electron chi connectivity index (χ4n) is 4.04. The molecule has 0 radical (unpaired) electrons. The summed E-state index contributed by atoms with van der Waals surface area (Å²) < 4.78 is 6.95. The molecule has 2 aromatic rings. The smallest absolute Gasteiger partial charge is 0.328 e. The number of hydrogen-bond donors (Lipinski definition) is 0. The molecule has 0 spiro atoms. The highest BCUT2D eigenvalue weighted by Gasteiger charge is 2.35. The van der Waals surface area contributed by atoms with Crippen LogP contribution in [0.4, 0.5) is 0 Å². The molecule has 0 aromatic carbocycles. The zero-order valence-corrected chi connectivity index (χ0v) is 14.4. The number of aromatic nitrogens is 3. The summed E-state index contributed by atoms with van der Waals surface area (Å²) in [7, 11) is 1.35. The number of nitrogens with zero attached hydrogens (tertiary/aromatic N) is 4. The van der Waals surface area contributed by atoms with Gasteiger partial charge in [0.25, 0.3) is 5.91 Å². The Labute approximate surface area is 146 Å². The summed E-state index contributed by atoms with van der Waals surface area (Å²) in [5.41, 5.74) is 2.03. The maximum Gasteiger partial charge on any atom is 0.328 e. The van der Waals surface area contributed by atoms with Crippen molar-refractivity contribution < 1.29 is 14.3 Å². The van der Waals surface area contributed by atoms with E-state index in [9.17, 15) is 9.59 Å². The van der Waals surface area contributed by atoms with Gasteiger partial charge < -0.3 is 14.2 Å². The second kappa shape index (κ2) is 6.46. The zero-order chi connectivity index (χ0) is 17.4. The highest BCUT2D eigenvalue weighted by molar-refractivity contribution is 5.98. The highest BCUT2D eigenvalue weighted by atomic mass is 16.5. The fourth-order valence-corrected chi connectivity index (χ4v) is 4.04. The van der Waals surface area contributed by atoms with E-state index < -0.39 is 6.04 Å². The monoisotopic (exact) mass is 342 g/mol. The molecule has 2 aromatic heterocycles. The van der Waals surface area contributed by atoms with Crippen LogP contribution < -0.4 is 0 Å². The number of fused-ring (bicyclic) bond motifs is 1. The number of carbonyl (C=O) groups is 2. The van der Waals surface area contributed by atoms with Gasteiger partial charge >= 0.3 is 5.97 Å². The third-order valence-electron chi connectivity index (χ3n) is 5.36. The molecular weight excluding hydrogens is 320 g/mol. The van der Waals surface area contributed by atoms with E-state index in [1.54, 1.807) is 17.2 Å². The quantitative estimate of drug-likeness (QED) is 0.800. The van der Waals surface area contributed by atoms with Crippen LogP contribution in [0.5, 0.6) is 0 Å². The van der Waals surface area contributed by atoms with E-state index in [4.69, 9.17) is 4.74 Å². The van der Waals surface area contributed by atoms with Gasteiger partial charge in [0.05, 0.1) is 19.0 Å². The van der Waals surface area contributed by atoms with Crippen molar-refractivity contribution in [3.63, 3.8) is 0 Å². The Hall–Kier alpha value is -2.44. The Morgan fingerprint density at radius 1 is 1.16 bits per heavy atom. The second-order valence-corrected chi connectivity index (χ2v) is 6.84. The van der Waals surface area contributed by atoms with Gasteiger partial charge in [-0.1, -0.05) is 12.8 Å². The van der Waals surface area contributed by atoms with Crippen LogP contribution in [-0.4, -0.2) is 51.0 Å². The number of likely N-dealkylation sites (tertiary alicyclic amines) is 1. The van der Waals surface area contributed by atoms with E-state index >= 15 is 0 Å². The van der Waals surface area contributed by atoms with Crippen LogP contribution in [0.25, 0.3) is 11.2 Å². The summed E-state index contributed by atoms with van der Waals surface area (Å²) in [5.74, 6) is -0.539. The lowest BCUT2D eigenvalue weighted by molar-refractivity contribution is -0.145. The molecule has 3 heterocycles. The lowest BCUT2D eigenvalue weighted by Gasteiger charge is -2.22. The van der Waals surface area contributed by atoms with Crippen molar-refractivity contribution in [3.8, 4) is 0 Å². The third kappa shape index (κ3) is 2.77. The van der Waals surface area contributed by atoms with Crippen molar-refractivity contribution in [3.05, 3.63) is 24.2 Å². The molecule has 1 amide bonds. The van der Waals surface area contributed by atoms with E-state index in [0.29, 0.717) is 24.6 Å². The van der Waals surface area contributed by atoms with Gasteiger partial charge in [-0.15, -0.1) is 0 Å². The number of amides is 1. The molecule has 1 atom stereocenters. The molecular formula is C18H22N4O3. The van der Waals surface area contributed by atoms with Crippen molar-refractivity contribution >= 4 is 23.0 Å².